The van der Waals surface area contributed by atoms with Crippen molar-refractivity contribution in [2.45, 2.75) is 13.5 Å². The van der Waals surface area contributed by atoms with E-state index in [4.69, 9.17) is 9.63 Å². The molecule has 0 atom stereocenters. The molecule has 3 aromatic carbocycles. The summed E-state index contributed by atoms with van der Waals surface area (Å²) >= 11 is 0. The number of aliphatic hydroxyl groups excluding tert-OH is 1. The molecule has 0 radical (unpaired) electrons. The molecule has 0 bridgehead atoms. The first kappa shape index (κ1) is 19.8. The molecule has 6 heteroatoms. The molecule has 0 aliphatic carbocycles. The van der Waals surface area contributed by atoms with Crippen LogP contribution in [0.3, 0.4) is 0 Å². The molecule has 0 amide bonds. The van der Waals surface area contributed by atoms with Gasteiger partial charge in [-0.05, 0) is 41.3 Å². The van der Waals surface area contributed by atoms with Crippen molar-refractivity contribution >= 4 is 11.7 Å². The first-order valence-corrected chi connectivity index (χ1v) is 9.91. The van der Waals surface area contributed by atoms with E-state index in [9.17, 15) is 0 Å². The number of nitrogens with one attached hydrogen (secondary N) is 2. The maximum atomic E-state index is 8.89. The van der Waals surface area contributed by atoms with Crippen molar-refractivity contribution < 1.29 is 9.63 Å². The van der Waals surface area contributed by atoms with Gasteiger partial charge in [0, 0.05) is 24.3 Å². The van der Waals surface area contributed by atoms with Crippen LogP contribution in [0.4, 0.5) is 11.7 Å². The van der Waals surface area contributed by atoms with Crippen molar-refractivity contribution in [2.24, 2.45) is 0 Å². The summed E-state index contributed by atoms with van der Waals surface area (Å²) in [4.78, 5) is 4.54. The third-order valence-electron chi connectivity index (χ3n) is 4.88. The Kier molecular flexibility index (Phi) is 6.17. The Morgan fingerprint density at radius 1 is 0.933 bits per heavy atom. The molecule has 0 fully saturated rings. The SMILES string of the molecule is Cc1c(-c2ccccc2)cccc1-c1noc(Nc2cccc(CNCCO)c2)n1. The van der Waals surface area contributed by atoms with Crippen molar-refractivity contribution in [3.63, 3.8) is 0 Å². The minimum absolute atomic E-state index is 0.119. The second-order valence-corrected chi connectivity index (χ2v) is 6.99. The number of hydrogen-bond acceptors (Lipinski definition) is 6. The van der Waals surface area contributed by atoms with Gasteiger partial charge in [-0.25, -0.2) is 0 Å². The fraction of sp³-hybridized carbons (Fsp3) is 0.167. The van der Waals surface area contributed by atoms with Gasteiger partial charge in [0.15, 0.2) is 0 Å². The Balaban J connectivity index is 1.53. The van der Waals surface area contributed by atoms with Crippen molar-refractivity contribution in [2.75, 3.05) is 18.5 Å². The molecule has 152 valence electrons. The molecule has 0 saturated heterocycles. The Morgan fingerprint density at radius 3 is 2.57 bits per heavy atom. The summed E-state index contributed by atoms with van der Waals surface area (Å²) in [5.74, 6) is 0.550. The van der Waals surface area contributed by atoms with E-state index in [1.54, 1.807) is 0 Å². The topological polar surface area (TPSA) is 83.2 Å². The van der Waals surface area contributed by atoms with Gasteiger partial charge in [-0.15, -0.1) is 0 Å². The summed E-state index contributed by atoms with van der Waals surface area (Å²) in [5, 5.41) is 19.4. The molecule has 0 aliphatic heterocycles. The van der Waals surface area contributed by atoms with Crippen LogP contribution in [-0.2, 0) is 6.54 Å². The number of anilines is 2. The van der Waals surface area contributed by atoms with Crippen molar-refractivity contribution in [1.82, 2.24) is 15.5 Å². The fourth-order valence-electron chi connectivity index (χ4n) is 3.39. The van der Waals surface area contributed by atoms with Gasteiger partial charge in [0.2, 0.25) is 5.82 Å². The second kappa shape index (κ2) is 9.35. The van der Waals surface area contributed by atoms with Crippen LogP contribution in [-0.4, -0.2) is 28.4 Å². The van der Waals surface area contributed by atoms with Gasteiger partial charge in [0.05, 0.1) is 6.61 Å². The van der Waals surface area contributed by atoms with Gasteiger partial charge < -0.3 is 20.3 Å². The lowest BCUT2D eigenvalue weighted by molar-refractivity contribution is 0.292. The van der Waals surface area contributed by atoms with Crippen molar-refractivity contribution in [1.29, 1.82) is 0 Å². The third-order valence-corrected chi connectivity index (χ3v) is 4.88. The number of rotatable bonds is 8. The van der Waals surface area contributed by atoms with Gasteiger partial charge in [0.25, 0.3) is 0 Å². The molecular formula is C24H24N4O2. The van der Waals surface area contributed by atoms with Crippen LogP contribution in [0, 0.1) is 6.92 Å². The molecule has 6 nitrogen and oxygen atoms in total. The van der Waals surface area contributed by atoms with Crippen LogP contribution in [0.5, 0.6) is 0 Å². The van der Waals surface area contributed by atoms with Crippen molar-refractivity contribution in [3.8, 4) is 22.5 Å². The highest BCUT2D eigenvalue weighted by molar-refractivity contribution is 5.75. The van der Waals surface area contributed by atoms with E-state index in [-0.39, 0.29) is 6.61 Å². The van der Waals surface area contributed by atoms with Crippen LogP contribution >= 0.6 is 0 Å². The Morgan fingerprint density at radius 2 is 1.73 bits per heavy atom. The van der Waals surface area contributed by atoms with E-state index in [2.05, 4.69) is 45.9 Å². The molecule has 4 aromatic rings. The number of aliphatic hydroxyl groups is 1. The van der Waals surface area contributed by atoms with Crippen molar-refractivity contribution in [3.05, 3.63) is 83.9 Å². The molecule has 30 heavy (non-hydrogen) atoms. The number of benzene rings is 3. The Bertz CT molecular complexity index is 1110. The monoisotopic (exact) mass is 400 g/mol. The van der Waals surface area contributed by atoms with E-state index in [1.807, 2.05) is 54.6 Å². The zero-order valence-corrected chi connectivity index (χ0v) is 16.8. The van der Waals surface area contributed by atoms with Gasteiger partial charge in [-0.3, -0.25) is 0 Å². The van der Waals surface area contributed by atoms with Crippen LogP contribution in [0.15, 0.2) is 77.3 Å². The van der Waals surface area contributed by atoms with E-state index < -0.39 is 0 Å². The Hall–Kier alpha value is -3.48. The number of nitrogens with zero attached hydrogens (tertiary/aromatic N) is 2. The third kappa shape index (κ3) is 4.56. The lowest BCUT2D eigenvalue weighted by atomic mass is 9.96. The smallest absolute Gasteiger partial charge is 0.326 e. The van der Waals surface area contributed by atoms with Crippen LogP contribution in [0.25, 0.3) is 22.5 Å². The largest absolute Gasteiger partial charge is 0.395 e. The summed E-state index contributed by atoms with van der Waals surface area (Å²) in [5.41, 5.74) is 6.31. The van der Waals surface area contributed by atoms with E-state index in [0.29, 0.717) is 24.9 Å². The number of hydrogen-bond donors (Lipinski definition) is 3. The average molecular weight is 400 g/mol. The molecule has 0 spiro atoms. The predicted octanol–water partition coefficient (Wildman–Crippen LogP) is 4.54. The molecule has 1 heterocycles. The van der Waals surface area contributed by atoms with Gasteiger partial charge in [0.1, 0.15) is 0 Å². The molecule has 0 saturated carbocycles. The maximum absolute atomic E-state index is 8.89. The Labute approximate surface area is 175 Å². The minimum atomic E-state index is 0.119. The lowest BCUT2D eigenvalue weighted by Gasteiger charge is -2.09. The quantitative estimate of drug-likeness (QED) is 0.377. The summed E-state index contributed by atoms with van der Waals surface area (Å²) in [6.07, 6.45) is 0. The number of aromatic nitrogens is 2. The first-order valence-electron chi connectivity index (χ1n) is 9.91. The summed E-state index contributed by atoms with van der Waals surface area (Å²) < 4.78 is 5.44. The molecule has 4 rings (SSSR count). The highest BCUT2D eigenvalue weighted by Gasteiger charge is 2.14. The highest BCUT2D eigenvalue weighted by atomic mass is 16.5. The lowest BCUT2D eigenvalue weighted by Crippen LogP contribution is -2.17. The van der Waals surface area contributed by atoms with Crippen LogP contribution in [0.2, 0.25) is 0 Å². The first-order chi connectivity index (χ1) is 14.7. The van der Waals surface area contributed by atoms with Gasteiger partial charge in [-0.1, -0.05) is 65.8 Å². The summed E-state index contributed by atoms with van der Waals surface area (Å²) in [7, 11) is 0. The molecule has 1 aromatic heterocycles. The zero-order chi connectivity index (χ0) is 20.8. The van der Waals surface area contributed by atoms with E-state index >= 15 is 0 Å². The average Bonchev–Trinajstić information content (AvgIpc) is 3.23. The highest BCUT2D eigenvalue weighted by Crippen LogP contribution is 2.31. The van der Waals surface area contributed by atoms with Gasteiger partial charge >= 0.3 is 6.01 Å². The fourth-order valence-corrected chi connectivity index (χ4v) is 3.39. The summed E-state index contributed by atoms with van der Waals surface area (Å²) in [6, 6.07) is 24.7. The standard InChI is InChI=1S/C24H24N4O2/c1-17-21(19-8-3-2-4-9-19)11-6-12-22(17)23-27-24(30-28-23)26-20-10-5-7-18(15-20)16-25-13-14-29/h2-12,15,25,29H,13-14,16H2,1H3,(H,26,27,28). The molecular weight excluding hydrogens is 376 g/mol. The minimum Gasteiger partial charge on any atom is -0.395 e. The zero-order valence-electron chi connectivity index (χ0n) is 16.8. The second-order valence-electron chi connectivity index (χ2n) is 6.99. The summed E-state index contributed by atoms with van der Waals surface area (Å²) in [6.45, 7) is 3.43. The normalized spacial score (nSPS) is 10.9. The molecule has 3 N–H and O–H groups in total. The van der Waals surface area contributed by atoms with Crippen LogP contribution < -0.4 is 10.6 Å². The van der Waals surface area contributed by atoms with E-state index in [0.717, 1.165) is 33.5 Å². The maximum Gasteiger partial charge on any atom is 0.326 e. The van der Waals surface area contributed by atoms with E-state index in [1.165, 1.54) is 0 Å². The predicted molar refractivity (Wildman–Crippen MR) is 118 cm³/mol. The van der Waals surface area contributed by atoms with Gasteiger partial charge in [-0.2, -0.15) is 4.98 Å². The van der Waals surface area contributed by atoms with Crippen LogP contribution in [0.1, 0.15) is 11.1 Å². The molecule has 0 unspecified atom stereocenters. The molecule has 0 aliphatic rings.